The molecule has 208 valence electrons. The second kappa shape index (κ2) is 11.7. The van der Waals surface area contributed by atoms with Crippen molar-refractivity contribution in [2.45, 2.75) is 46.0 Å². The van der Waals surface area contributed by atoms with Crippen LogP contribution >= 0.6 is 0 Å². The van der Waals surface area contributed by atoms with Crippen molar-refractivity contribution in [3.63, 3.8) is 0 Å². The molecule has 0 radical (unpaired) electrons. The van der Waals surface area contributed by atoms with Gasteiger partial charge in [-0.2, -0.15) is 13.2 Å². The molecule has 1 atom stereocenters. The molecule has 1 heterocycles. The lowest BCUT2D eigenvalue weighted by Gasteiger charge is -2.43. The number of ether oxygens (including phenoxy) is 1. The van der Waals surface area contributed by atoms with Gasteiger partial charge in [-0.1, -0.05) is 24.6 Å². The normalized spacial score (nSPS) is 15.9. The van der Waals surface area contributed by atoms with E-state index in [1.54, 1.807) is 13.0 Å². The van der Waals surface area contributed by atoms with E-state index in [1.807, 2.05) is 32.0 Å². The SMILES string of the molecule is CCOc1cc(F)ccc1-c1ccc(N2CCN(C(=O)c3ccc(C)cc3C(F)(F)F)C[C@H]2CC)c(CN)c1. The number of rotatable bonds is 7. The molecule has 1 amide bonds. The molecule has 3 aromatic carbocycles. The maximum atomic E-state index is 13.8. The van der Waals surface area contributed by atoms with E-state index in [9.17, 15) is 22.4 Å². The van der Waals surface area contributed by atoms with Gasteiger partial charge in [-0.15, -0.1) is 0 Å². The first-order valence-electron chi connectivity index (χ1n) is 13.1. The van der Waals surface area contributed by atoms with Crippen LogP contribution in [0.3, 0.4) is 0 Å². The number of hydrogen-bond acceptors (Lipinski definition) is 4. The van der Waals surface area contributed by atoms with Crippen molar-refractivity contribution in [1.82, 2.24) is 4.90 Å². The summed E-state index contributed by atoms with van der Waals surface area (Å²) in [4.78, 5) is 16.9. The summed E-state index contributed by atoms with van der Waals surface area (Å²) in [6, 6.07) is 14.0. The lowest BCUT2D eigenvalue weighted by atomic mass is 9.98. The minimum atomic E-state index is -4.62. The first kappa shape index (κ1) is 28.4. The molecule has 0 aliphatic carbocycles. The first-order chi connectivity index (χ1) is 18.6. The maximum absolute atomic E-state index is 13.8. The van der Waals surface area contributed by atoms with Gasteiger partial charge in [0, 0.05) is 49.5 Å². The largest absolute Gasteiger partial charge is 0.493 e. The summed E-state index contributed by atoms with van der Waals surface area (Å²) in [5, 5.41) is 0. The van der Waals surface area contributed by atoms with Gasteiger partial charge in [-0.25, -0.2) is 4.39 Å². The molecular weight excluding hydrogens is 510 g/mol. The fourth-order valence-corrected chi connectivity index (χ4v) is 5.16. The van der Waals surface area contributed by atoms with Crippen molar-refractivity contribution >= 4 is 11.6 Å². The Hall–Kier alpha value is -3.59. The fraction of sp³-hybridized carbons (Fsp3) is 0.367. The molecule has 0 aromatic heterocycles. The third kappa shape index (κ3) is 6.03. The van der Waals surface area contributed by atoms with E-state index in [0.29, 0.717) is 37.4 Å². The summed E-state index contributed by atoms with van der Waals surface area (Å²) in [6.45, 7) is 7.06. The van der Waals surface area contributed by atoms with Gasteiger partial charge in [0.25, 0.3) is 5.91 Å². The lowest BCUT2D eigenvalue weighted by Crippen LogP contribution is -2.55. The highest BCUT2D eigenvalue weighted by Crippen LogP contribution is 2.36. The monoisotopic (exact) mass is 543 g/mol. The zero-order valence-electron chi connectivity index (χ0n) is 22.3. The predicted molar refractivity (Wildman–Crippen MR) is 144 cm³/mol. The Kier molecular flexibility index (Phi) is 8.49. The molecule has 0 bridgehead atoms. The zero-order chi connectivity index (χ0) is 28.3. The topological polar surface area (TPSA) is 58.8 Å². The van der Waals surface area contributed by atoms with Crippen LogP contribution in [0.25, 0.3) is 11.1 Å². The summed E-state index contributed by atoms with van der Waals surface area (Å²) < 4.78 is 60.5. The molecule has 0 saturated carbocycles. The van der Waals surface area contributed by atoms with E-state index in [1.165, 1.54) is 29.2 Å². The second-order valence-electron chi connectivity index (χ2n) is 9.67. The number of carbonyl (C=O) groups is 1. The van der Waals surface area contributed by atoms with Crippen molar-refractivity contribution in [3.05, 3.63) is 82.7 Å². The van der Waals surface area contributed by atoms with E-state index in [-0.39, 0.29) is 30.5 Å². The quantitative estimate of drug-likeness (QED) is 0.350. The van der Waals surface area contributed by atoms with E-state index in [2.05, 4.69) is 4.90 Å². The van der Waals surface area contributed by atoms with Crippen molar-refractivity contribution in [2.24, 2.45) is 5.73 Å². The highest BCUT2D eigenvalue weighted by atomic mass is 19.4. The lowest BCUT2D eigenvalue weighted by molar-refractivity contribution is -0.138. The van der Waals surface area contributed by atoms with Crippen LogP contribution in [-0.2, 0) is 12.7 Å². The third-order valence-electron chi connectivity index (χ3n) is 7.12. The molecule has 1 aliphatic rings. The summed E-state index contributed by atoms with van der Waals surface area (Å²) in [5.74, 6) is -0.556. The molecule has 3 aromatic rings. The number of nitrogens with zero attached hydrogens (tertiary/aromatic N) is 2. The zero-order valence-corrected chi connectivity index (χ0v) is 22.3. The Morgan fingerprint density at radius 3 is 2.49 bits per heavy atom. The Morgan fingerprint density at radius 2 is 1.82 bits per heavy atom. The van der Waals surface area contributed by atoms with Crippen LogP contribution in [0.5, 0.6) is 5.75 Å². The van der Waals surface area contributed by atoms with Gasteiger partial charge in [0.1, 0.15) is 11.6 Å². The average Bonchev–Trinajstić information content (AvgIpc) is 2.92. The van der Waals surface area contributed by atoms with E-state index >= 15 is 0 Å². The van der Waals surface area contributed by atoms with Gasteiger partial charge in [-0.05, 0) is 67.8 Å². The molecule has 9 heteroatoms. The van der Waals surface area contributed by atoms with Gasteiger partial charge in [0.05, 0.1) is 17.7 Å². The minimum absolute atomic E-state index is 0.108. The molecule has 5 nitrogen and oxygen atoms in total. The minimum Gasteiger partial charge on any atom is -0.493 e. The molecule has 1 aliphatic heterocycles. The van der Waals surface area contributed by atoms with E-state index < -0.39 is 17.6 Å². The van der Waals surface area contributed by atoms with Gasteiger partial charge < -0.3 is 20.3 Å². The van der Waals surface area contributed by atoms with Crippen molar-refractivity contribution in [2.75, 3.05) is 31.1 Å². The number of alkyl halides is 3. The summed E-state index contributed by atoms with van der Waals surface area (Å²) in [5.41, 5.74) is 8.72. The third-order valence-corrected chi connectivity index (χ3v) is 7.12. The highest BCUT2D eigenvalue weighted by Gasteiger charge is 2.38. The van der Waals surface area contributed by atoms with Crippen LogP contribution in [0.1, 0.15) is 47.3 Å². The Balaban J connectivity index is 1.60. The van der Waals surface area contributed by atoms with E-state index in [0.717, 1.165) is 28.4 Å². The average molecular weight is 544 g/mol. The molecule has 4 rings (SSSR count). The molecule has 1 fully saturated rings. The first-order valence-corrected chi connectivity index (χ1v) is 13.1. The second-order valence-corrected chi connectivity index (χ2v) is 9.67. The van der Waals surface area contributed by atoms with Gasteiger partial charge in [-0.3, -0.25) is 4.79 Å². The van der Waals surface area contributed by atoms with Crippen LogP contribution < -0.4 is 15.4 Å². The molecule has 39 heavy (non-hydrogen) atoms. The molecular formula is C30H33F4N3O2. The van der Waals surface area contributed by atoms with Crippen LogP contribution in [0.2, 0.25) is 0 Å². The van der Waals surface area contributed by atoms with Crippen molar-refractivity contribution < 1.29 is 27.1 Å². The standard InChI is InChI=1S/C30H33F4N3O2/c1-4-23-18-36(29(38)25-9-6-19(3)14-26(25)30(32,33)34)12-13-37(23)27-11-7-20(15-21(27)17-35)24-10-8-22(31)16-28(24)39-5-2/h6-11,14-16,23H,4-5,12-13,17-18,35H2,1-3H3/t23-/m1/s1. The van der Waals surface area contributed by atoms with Crippen molar-refractivity contribution in [3.8, 4) is 16.9 Å². The molecule has 0 unspecified atom stereocenters. The number of benzene rings is 3. The Bertz CT molecular complexity index is 1340. The summed E-state index contributed by atoms with van der Waals surface area (Å²) >= 11 is 0. The number of piperazine rings is 1. The van der Waals surface area contributed by atoms with Gasteiger partial charge in [0.15, 0.2) is 0 Å². The Labute approximate surface area is 226 Å². The number of hydrogen-bond donors (Lipinski definition) is 1. The number of amides is 1. The highest BCUT2D eigenvalue weighted by molar-refractivity contribution is 5.96. The maximum Gasteiger partial charge on any atom is 0.417 e. The number of nitrogens with two attached hydrogens (primary N) is 1. The summed E-state index contributed by atoms with van der Waals surface area (Å²) in [6.07, 6.45) is -3.94. The molecule has 0 spiro atoms. The van der Waals surface area contributed by atoms with Crippen LogP contribution in [0, 0.1) is 12.7 Å². The van der Waals surface area contributed by atoms with Crippen LogP contribution in [0.4, 0.5) is 23.2 Å². The van der Waals surface area contributed by atoms with Gasteiger partial charge >= 0.3 is 6.18 Å². The number of halogens is 4. The Morgan fingerprint density at radius 1 is 1.05 bits per heavy atom. The smallest absolute Gasteiger partial charge is 0.417 e. The van der Waals surface area contributed by atoms with Gasteiger partial charge in [0.2, 0.25) is 0 Å². The van der Waals surface area contributed by atoms with Crippen LogP contribution in [0.15, 0.2) is 54.6 Å². The van der Waals surface area contributed by atoms with Crippen molar-refractivity contribution in [1.29, 1.82) is 0 Å². The molecule has 2 N–H and O–H groups in total. The fourth-order valence-electron chi connectivity index (χ4n) is 5.16. The predicted octanol–water partition coefficient (Wildman–Crippen LogP) is 6.42. The number of carbonyl (C=O) groups excluding carboxylic acids is 1. The van der Waals surface area contributed by atoms with Crippen LogP contribution in [-0.4, -0.2) is 43.1 Å². The summed E-state index contributed by atoms with van der Waals surface area (Å²) in [7, 11) is 0. The number of aryl methyl sites for hydroxylation is 1. The van der Waals surface area contributed by atoms with E-state index in [4.69, 9.17) is 10.5 Å². The molecule has 1 saturated heterocycles. The number of anilines is 1.